The third-order valence-electron chi connectivity index (χ3n) is 5.05. The predicted octanol–water partition coefficient (Wildman–Crippen LogP) is 4.22. The van der Waals surface area contributed by atoms with Crippen molar-refractivity contribution in [2.75, 3.05) is 0 Å². The minimum atomic E-state index is -0.419. The van der Waals surface area contributed by atoms with E-state index in [4.69, 9.17) is 10.5 Å². The summed E-state index contributed by atoms with van der Waals surface area (Å²) >= 11 is 0. The number of halogens is 2. The quantitative estimate of drug-likeness (QED) is 0.385. The molecule has 0 heterocycles. The molecule has 0 amide bonds. The summed E-state index contributed by atoms with van der Waals surface area (Å²) in [5.74, 6) is -0.838. The maximum absolute atomic E-state index is 13.8. The highest BCUT2D eigenvalue weighted by atomic mass is 19.1. The summed E-state index contributed by atoms with van der Waals surface area (Å²) in [5.41, 5.74) is 0. The third kappa shape index (κ3) is 2.06. The summed E-state index contributed by atoms with van der Waals surface area (Å²) in [6.45, 7) is 0. The molecule has 0 saturated carbocycles. The van der Waals surface area contributed by atoms with Crippen LogP contribution in [-0.2, 0) is 0 Å². The normalized spacial score (nSPS) is 13.0. The van der Waals surface area contributed by atoms with Gasteiger partial charge in [0.25, 0.3) is 0 Å². The van der Waals surface area contributed by atoms with Gasteiger partial charge in [-0.2, -0.15) is 20.5 Å². The summed E-state index contributed by atoms with van der Waals surface area (Å²) in [6.07, 6.45) is 3.55. The predicted molar refractivity (Wildman–Crippen MR) is 101 cm³/mol. The Bertz CT molecular complexity index is 1540. The first kappa shape index (κ1) is 16.0. The summed E-state index contributed by atoms with van der Waals surface area (Å²) in [6, 6.07) is 12.4. The van der Waals surface area contributed by atoms with Gasteiger partial charge in [0, 0.05) is 21.5 Å². The van der Waals surface area contributed by atoms with Crippen LogP contribution in [0.15, 0.2) is 58.5 Å². The second kappa shape index (κ2) is 5.67. The zero-order chi connectivity index (χ0) is 19.4. The molecule has 4 nitrogen and oxygen atoms in total. The highest BCUT2D eigenvalue weighted by molar-refractivity contribution is 6.21. The lowest BCUT2D eigenvalue weighted by Gasteiger charge is -1.96. The van der Waals surface area contributed by atoms with E-state index in [0.29, 0.717) is 32.3 Å². The van der Waals surface area contributed by atoms with E-state index < -0.39 is 11.6 Å². The smallest absolute Gasteiger partial charge is 0.206 e. The Balaban J connectivity index is 2.12. The van der Waals surface area contributed by atoms with Crippen molar-refractivity contribution < 1.29 is 8.78 Å². The van der Waals surface area contributed by atoms with Gasteiger partial charge in [0.15, 0.2) is 0 Å². The second-order valence-corrected chi connectivity index (χ2v) is 6.44. The Morgan fingerprint density at radius 1 is 0.536 bits per heavy atom. The van der Waals surface area contributed by atoms with E-state index in [1.807, 2.05) is 6.07 Å². The van der Waals surface area contributed by atoms with Crippen LogP contribution in [0.4, 0.5) is 8.78 Å². The van der Waals surface area contributed by atoms with Crippen LogP contribution in [0, 0.1) is 34.5 Å². The molecule has 5 aromatic rings. The van der Waals surface area contributed by atoms with Gasteiger partial charge in [-0.15, -0.1) is 0 Å². The molecule has 0 aliphatic heterocycles. The molecule has 0 aromatic heterocycles. The molecule has 0 fully saturated rings. The van der Waals surface area contributed by atoms with Gasteiger partial charge in [-0.25, -0.2) is 8.78 Å². The number of hydrogen-bond acceptors (Lipinski definition) is 4. The highest BCUT2D eigenvalue weighted by Crippen LogP contribution is 2.32. The number of nitriles is 2. The minimum Gasteiger partial charge on any atom is -0.207 e. The van der Waals surface area contributed by atoms with Crippen molar-refractivity contribution in [1.29, 1.82) is 10.5 Å². The number of hydrogen-bond donors (Lipinski definition) is 0. The van der Waals surface area contributed by atoms with Crippen molar-refractivity contribution in [2.24, 2.45) is 9.98 Å². The van der Waals surface area contributed by atoms with Crippen LogP contribution in [0.5, 0.6) is 0 Å². The number of nitrogens with zero attached hydrogens (tertiary/aromatic N) is 4. The van der Waals surface area contributed by atoms with Crippen LogP contribution in [0.1, 0.15) is 0 Å². The molecule has 0 unspecified atom stereocenters. The molecule has 5 rings (SSSR count). The van der Waals surface area contributed by atoms with Gasteiger partial charge in [0.05, 0.1) is 10.7 Å². The van der Waals surface area contributed by atoms with Gasteiger partial charge in [-0.3, -0.25) is 0 Å². The molecule has 6 heteroatoms. The average Bonchev–Trinajstić information content (AvgIpc) is 3.13. The van der Waals surface area contributed by atoms with Gasteiger partial charge in [0.2, 0.25) is 12.4 Å². The SMILES string of the molecule is N#CN=c1c2cc(F)ccc2c2cc3c(cc12)c(=NC#N)c1cc(F)ccc13. The van der Waals surface area contributed by atoms with Crippen LogP contribution in [0.25, 0.3) is 43.1 Å². The van der Waals surface area contributed by atoms with E-state index in [2.05, 4.69) is 9.98 Å². The van der Waals surface area contributed by atoms with Crippen molar-refractivity contribution >= 4 is 43.1 Å². The molecule has 0 aliphatic rings. The number of rotatable bonds is 0. The van der Waals surface area contributed by atoms with Gasteiger partial charge in [0.1, 0.15) is 11.6 Å². The zero-order valence-corrected chi connectivity index (χ0v) is 14.2. The van der Waals surface area contributed by atoms with E-state index in [9.17, 15) is 8.78 Å². The average molecular weight is 366 g/mol. The van der Waals surface area contributed by atoms with Crippen LogP contribution in [-0.4, -0.2) is 0 Å². The molecule has 0 atom stereocenters. The van der Waals surface area contributed by atoms with E-state index in [0.717, 1.165) is 21.5 Å². The maximum Gasteiger partial charge on any atom is 0.206 e. The summed E-state index contributed by atoms with van der Waals surface area (Å²) in [7, 11) is 0. The maximum atomic E-state index is 13.8. The van der Waals surface area contributed by atoms with Crippen LogP contribution < -0.4 is 10.7 Å². The fourth-order valence-corrected chi connectivity index (χ4v) is 3.96. The topological polar surface area (TPSA) is 72.3 Å². The van der Waals surface area contributed by atoms with E-state index >= 15 is 0 Å². The standard InChI is InChI=1S/C22H8F2N4/c23-11-1-3-13-15-7-16-14-4-2-12(24)6-18(14)22(28-10-26)20(16)8-19(15)21(27-9-25)17(13)5-11/h1-8H. The molecule has 0 aliphatic carbocycles. The van der Waals surface area contributed by atoms with Gasteiger partial charge in [-0.1, -0.05) is 12.1 Å². The second-order valence-electron chi connectivity index (χ2n) is 6.44. The number of fused-ring (bicyclic) bond motifs is 6. The summed E-state index contributed by atoms with van der Waals surface area (Å²) in [5, 5.41) is 24.5. The minimum absolute atomic E-state index is 0.369. The lowest BCUT2D eigenvalue weighted by atomic mass is 10.1. The van der Waals surface area contributed by atoms with E-state index in [1.165, 1.54) is 24.3 Å². The monoisotopic (exact) mass is 366 g/mol. The summed E-state index contributed by atoms with van der Waals surface area (Å²) < 4.78 is 27.6. The van der Waals surface area contributed by atoms with Crippen LogP contribution >= 0.6 is 0 Å². The Hall–Kier alpha value is -4.16. The van der Waals surface area contributed by atoms with Crippen LogP contribution in [0.3, 0.4) is 0 Å². The fraction of sp³-hybridized carbons (Fsp3) is 0. The molecule has 0 saturated heterocycles. The Morgan fingerprint density at radius 2 is 0.929 bits per heavy atom. The van der Waals surface area contributed by atoms with Crippen molar-refractivity contribution in [3.05, 3.63) is 70.9 Å². The fourth-order valence-electron chi connectivity index (χ4n) is 3.96. The van der Waals surface area contributed by atoms with Crippen LogP contribution in [0.2, 0.25) is 0 Å². The van der Waals surface area contributed by atoms with E-state index in [-0.39, 0.29) is 0 Å². The number of benzene rings is 3. The molecule has 130 valence electrons. The summed E-state index contributed by atoms with van der Waals surface area (Å²) in [4.78, 5) is 7.80. The van der Waals surface area contributed by atoms with Gasteiger partial charge >= 0.3 is 0 Å². The molecular weight excluding hydrogens is 358 g/mol. The Kier molecular flexibility index (Phi) is 3.25. The lowest BCUT2D eigenvalue weighted by Crippen LogP contribution is -2.00. The molecule has 5 aromatic carbocycles. The first-order valence-corrected chi connectivity index (χ1v) is 8.35. The first-order chi connectivity index (χ1) is 13.6. The molecule has 0 N–H and O–H groups in total. The molecule has 0 spiro atoms. The largest absolute Gasteiger partial charge is 0.207 e. The van der Waals surface area contributed by atoms with E-state index in [1.54, 1.807) is 30.6 Å². The molecule has 0 bridgehead atoms. The van der Waals surface area contributed by atoms with Crippen molar-refractivity contribution in [3.63, 3.8) is 0 Å². The zero-order valence-electron chi connectivity index (χ0n) is 14.2. The molecular formula is C22H8F2N4. The molecule has 28 heavy (non-hydrogen) atoms. The Labute approximate surface area is 156 Å². The lowest BCUT2D eigenvalue weighted by molar-refractivity contribution is 0.629. The van der Waals surface area contributed by atoms with Gasteiger partial charge < -0.3 is 0 Å². The third-order valence-corrected chi connectivity index (χ3v) is 5.05. The van der Waals surface area contributed by atoms with Crippen molar-refractivity contribution in [3.8, 4) is 12.4 Å². The van der Waals surface area contributed by atoms with Gasteiger partial charge in [-0.05, 0) is 57.9 Å². The first-order valence-electron chi connectivity index (χ1n) is 8.35. The molecule has 0 radical (unpaired) electrons. The van der Waals surface area contributed by atoms with Crippen molar-refractivity contribution in [2.45, 2.75) is 0 Å². The highest BCUT2D eigenvalue weighted by Gasteiger charge is 2.15. The van der Waals surface area contributed by atoms with Crippen molar-refractivity contribution in [1.82, 2.24) is 0 Å². The Morgan fingerprint density at radius 3 is 1.36 bits per heavy atom.